The number of fused-ring (bicyclic) bond motifs is 1. The summed E-state index contributed by atoms with van der Waals surface area (Å²) < 4.78 is 6.70. The molecular formula is C12H13NO2. The molecule has 0 spiro atoms. The molecule has 0 radical (unpaired) electrons. The normalized spacial score (nSPS) is 10.6. The standard InChI is InChI=1S/C12H13NO2/c1-8-7-13(2)12(14)11-6-9(15-3)4-5-10(8)11/h4-7H,1-3H3. The summed E-state index contributed by atoms with van der Waals surface area (Å²) in [6, 6.07) is 5.57. The van der Waals surface area contributed by atoms with Crippen molar-refractivity contribution in [1.82, 2.24) is 4.57 Å². The molecular weight excluding hydrogens is 190 g/mol. The van der Waals surface area contributed by atoms with E-state index in [0.717, 1.165) is 10.9 Å². The zero-order valence-electron chi connectivity index (χ0n) is 9.07. The second kappa shape index (κ2) is 3.42. The SMILES string of the molecule is COc1ccc2c(C)cn(C)c(=O)c2c1. The smallest absolute Gasteiger partial charge is 0.258 e. The molecule has 0 amide bonds. The number of nitrogens with zero attached hydrogens (tertiary/aromatic N) is 1. The van der Waals surface area contributed by atoms with Crippen LogP contribution in [0.1, 0.15) is 5.56 Å². The molecule has 0 saturated carbocycles. The number of rotatable bonds is 1. The van der Waals surface area contributed by atoms with Crippen molar-refractivity contribution in [2.45, 2.75) is 6.92 Å². The summed E-state index contributed by atoms with van der Waals surface area (Å²) >= 11 is 0. The summed E-state index contributed by atoms with van der Waals surface area (Å²) in [6.45, 7) is 1.99. The van der Waals surface area contributed by atoms with Gasteiger partial charge in [-0.2, -0.15) is 0 Å². The van der Waals surface area contributed by atoms with Gasteiger partial charge in [0.15, 0.2) is 0 Å². The Balaban J connectivity index is 2.91. The highest BCUT2D eigenvalue weighted by Crippen LogP contribution is 2.20. The molecule has 0 bridgehead atoms. The minimum atomic E-state index is 0.00880. The minimum absolute atomic E-state index is 0.00880. The Labute approximate surface area is 87.9 Å². The molecule has 3 heteroatoms. The van der Waals surface area contributed by atoms with Gasteiger partial charge in [0.05, 0.1) is 12.5 Å². The fourth-order valence-electron chi connectivity index (χ4n) is 1.78. The highest BCUT2D eigenvalue weighted by molar-refractivity contribution is 5.85. The Morgan fingerprint density at radius 1 is 1.27 bits per heavy atom. The van der Waals surface area contributed by atoms with Crippen LogP contribution >= 0.6 is 0 Å². The highest BCUT2D eigenvalue weighted by Gasteiger charge is 2.05. The first kappa shape index (κ1) is 9.77. The Morgan fingerprint density at radius 2 is 2.00 bits per heavy atom. The van der Waals surface area contributed by atoms with Gasteiger partial charge >= 0.3 is 0 Å². The van der Waals surface area contributed by atoms with E-state index in [-0.39, 0.29) is 5.56 Å². The van der Waals surface area contributed by atoms with Crippen molar-refractivity contribution in [1.29, 1.82) is 0 Å². The van der Waals surface area contributed by atoms with Gasteiger partial charge < -0.3 is 9.30 Å². The zero-order valence-corrected chi connectivity index (χ0v) is 9.07. The fraction of sp³-hybridized carbons (Fsp3) is 0.250. The summed E-state index contributed by atoms with van der Waals surface area (Å²) in [5.74, 6) is 0.713. The van der Waals surface area contributed by atoms with Crippen molar-refractivity contribution in [3.8, 4) is 5.75 Å². The number of hydrogen-bond donors (Lipinski definition) is 0. The van der Waals surface area contributed by atoms with E-state index in [1.165, 1.54) is 0 Å². The molecule has 78 valence electrons. The highest BCUT2D eigenvalue weighted by atomic mass is 16.5. The van der Waals surface area contributed by atoms with Gasteiger partial charge in [-0.05, 0) is 30.0 Å². The number of aryl methyl sites for hydroxylation is 2. The maximum Gasteiger partial charge on any atom is 0.258 e. The van der Waals surface area contributed by atoms with Crippen LogP contribution in [0.2, 0.25) is 0 Å². The molecule has 0 saturated heterocycles. The molecule has 1 aromatic carbocycles. The lowest BCUT2D eigenvalue weighted by molar-refractivity contribution is 0.415. The summed E-state index contributed by atoms with van der Waals surface area (Å²) in [7, 11) is 3.36. The van der Waals surface area contributed by atoms with E-state index in [0.29, 0.717) is 11.1 Å². The van der Waals surface area contributed by atoms with Crippen LogP contribution in [0.25, 0.3) is 10.8 Å². The van der Waals surface area contributed by atoms with E-state index in [1.54, 1.807) is 24.8 Å². The van der Waals surface area contributed by atoms with Gasteiger partial charge in [-0.25, -0.2) is 0 Å². The monoisotopic (exact) mass is 203 g/mol. The molecule has 0 N–H and O–H groups in total. The van der Waals surface area contributed by atoms with Gasteiger partial charge in [0, 0.05) is 13.2 Å². The third kappa shape index (κ3) is 1.50. The van der Waals surface area contributed by atoms with Gasteiger partial charge in [-0.15, -0.1) is 0 Å². The number of hydrogen-bond acceptors (Lipinski definition) is 2. The third-order valence-corrected chi connectivity index (χ3v) is 2.59. The molecule has 3 nitrogen and oxygen atoms in total. The maximum atomic E-state index is 11.9. The van der Waals surface area contributed by atoms with Gasteiger partial charge in [0.25, 0.3) is 5.56 Å². The predicted octanol–water partition coefficient (Wildman–Crippen LogP) is 1.86. The van der Waals surface area contributed by atoms with Crippen LogP contribution in [-0.4, -0.2) is 11.7 Å². The van der Waals surface area contributed by atoms with E-state index in [4.69, 9.17) is 4.74 Å². The van der Waals surface area contributed by atoms with Crippen LogP contribution < -0.4 is 10.3 Å². The van der Waals surface area contributed by atoms with Gasteiger partial charge in [0.2, 0.25) is 0 Å². The van der Waals surface area contributed by atoms with Crippen molar-refractivity contribution in [2.75, 3.05) is 7.11 Å². The van der Waals surface area contributed by atoms with E-state index in [9.17, 15) is 4.79 Å². The molecule has 0 atom stereocenters. The van der Waals surface area contributed by atoms with Crippen LogP contribution in [0.4, 0.5) is 0 Å². The van der Waals surface area contributed by atoms with Crippen LogP contribution in [0.15, 0.2) is 29.2 Å². The number of methoxy groups -OCH3 is 1. The van der Waals surface area contributed by atoms with Crippen LogP contribution in [0, 0.1) is 6.92 Å². The van der Waals surface area contributed by atoms with Gasteiger partial charge in [-0.3, -0.25) is 4.79 Å². The third-order valence-electron chi connectivity index (χ3n) is 2.59. The van der Waals surface area contributed by atoms with Gasteiger partial charge in [0.1, 0.15) is 5.75 Å². The summed E-state index contributed by atoms with van der Waals surface area (Å²) in [5.41, 5.74) is 1.10. The van der Waals surface area contributed by atoms with E-state index >= 15 is 0 Å². The first-order valence-corrected chi connectivity index (χ1v) is 4.77. The molecule has 1 heterocycles. The fourth-order valence-corrected chi connectivity index (χ4v) is 1.78. The van der Waals surface area contributed by atoms with Crippen molar-refractivity contribution in [3.05, 3.63) is 40.3 Å². The maximum absolute atomic E-state index is 11.9. The second-order valence-corrected chi connectivity index (χ2v) is 3.64. The summed E-state index contributed by atoms with van der Waals surface area (Å²) in [6.07, 6.45) is 1.84. The lowest BCUT2D eigenvalue weighted by Crippen LogP contribution is -2.16. The summed E-state index contributed by atoms with van der Waals surface area (Å²) in [4.78, 5) is 11.9. The number of benzene rings is 1. The lowest BCUT2D eigenvalue weighted by atomic mass is 10.1. The average molecular weight is 203 g/mol. The average Bonchev–Trinajstić information content (AvgIpc) is 2.25. The lowest BCUT2D eigenvalue weighted by Gasteiger charge is -2.06. The summed E-state index contributed by atoms with van der Waals surface area (Å²) in [5, 5.41) is 1.69. The molecule has 1 aromatic heterocycles. The van der Waals surface area contributed by atoms with Gasteiger partial charge in [-0.1, -0.05) is 6.07 Å². The first-order valence-electron chi connectivity index (χ1n) is 4.77. The molecule has 0 fully saturated rings. The van der Waals surface area contributed by atoms with Crippen LogP contribution in [-0.2, 0) is 7.05 Å². The number of pyridine rings is 1. The molecule has 2 rings (SSSR count). The molecule has 15 heavy (non-hydrogen) atoms. The topological polar surface area (TPSA) is 31.2 Å². The largest absolute Gasteiger partial charge is 0.497 e. The van der Waals surface area contributed by atoms with Crippen molar-refractivity contribution in [2.24, 2.45) is 7.05 Å². The molecule has 0 aliphatic heterocycles. The quantitative estimate of drug-likeness (QED) is 0.708. The van der Waals surface area contributed by atoms with Crippen molar-refractivity contribution in [3.63, 3.8) is 0 Å². The zero-order chi connectivity index (χ0) is 11.0. The van der Waals surface area contributed by atoms with Crippen molar-refractivity contribution < 1.29 is 4.74 Å². The minimum Gasteiger partial charge on any atom is -0.497 e. The van der Waals surface area contributed by atoms with E-state index in [2.05, 4.69) is 0 Å². The number of aromatic nitrogens is 1. The van der Waals surface area contributed by atoms with E-state index in [1.807, 2.05) is 25.3 Å². The molecule has 0 aliphatic carbocycles. The van der Waals surface area contributed by atoms with Crippen LogP contribution in [0.3, 0.4) is 0 Å². The molecule has 0 aliphatic rings. The Morgan fingerprint density at radius 3 is 2.67 bits per heavy atom. The van der Waals surface area contributed by atoms with E-state index < -0.39 is 0 Å². The Hall–Kier alpha value is -1.77. The predicted molar refractivity (Wildman–Crippen MR) is 60.5 cm³/mol. The molecule has 2 aromatic rings. The second-order valence-electron chi connectivity index (χ2n) is 3.64. The Kier molecular flexibility index (Phi) is 2.23. The van der Waals surface area contributed by atoms with Crippen LogP contribution in [0.5, 0.6) is 5.75 Å². The first-order chi connectivity index (χ1) is 7.13. The van der Waals surface area contributed by atoms with Crippen molar-refractivity contribution >= 4 is 10.8 Å². The molecule has 0 unspecified atom stereocenters. The Bertz CT molecular complexity index is 570. The number of ether oxygens (including phenoxy) is 1.